The smallest absolute Gasteiger partial charge is 0.348 e. The number of ether oxygens (including phenoxy) is 2. The lowest BCUT2D eigenvalue weighted by atomic mass is 10.1. The van der Waals surface area contributed by atoms with Gasteiger partial charge in [-0.15, -0.1) is 0 Å². The van der Waals surface area contributed by atoms with Crippen LogP contribution in [0.2, 0.25) is 0 Å². The molecular formula is C21H21NO6S. The molecule has 152 valence electrons. The van der Waals surface area contributed by atoms with E-state index in [0.29, 0.717) is 5.56 Å². The van der Waals surface area contributed by atoms with Gasteiger partial charge in [-0.1, -0.05) is 23.8 Å². The second kappa shape index (κ2) is 9.75. The predicted octanol–water partition coefficient (Wildman–Crippen LogP) is 3.63. The van der Waals surface area contributed by atoms with E-state index in [4.69, 9.17) is 18.9 Å². The minimum Gasteiger partial charge on any atom is -0.490 e. The highest BCUT2D eigenvalue weighted by Crippen LogP contribution is 2.32. The summed E-state index contributed by atoms with van der Waals surface area (Å²) >= 11 is 0. The molecule has 8 heteroatoms. The molecule has 2 aromatic carbocycles. The van der Waals surface area contributed by atoms with Crippen LogP contribution >= 0.6 is 0 Å². The van der Waals surface area contributed by atoms with E-state index in [0.717, 1.165) is 5.56 Å². The van der Waals surface area contributed by atoms with E-state index in [1.165, 1.54) is 36.4 Å². The summed E-state index contributed by atoms with van der Waals surface area (Å²) in [5, 5.41) is 9.16. The fourth-order valence-electron chi connectivity index (χ4n) is 2.34. The average Bonchev–Trinajstić information content (AvgIpc) is 2.68. The van der Waals surface area contributed by atoms with Crippen molar-refractivity contribution in [3.63, 3.8) is 0 Å². The number of hydrogen-bond donors (Lipinski definition) is 0. The maximum absolute atomic E-state index is 12.5. The van der Waals surface area contributed by atoms with Crippen LogP contribution in [0.15, 0.2) is 52.9 Å². The number of benzene rings is 2. The summed E-state index contributed by atoms with van der Waals surface area (Å²) in [6.45, 7) is 5.63. The third-order valence-corrected chi connectivity index (χ3v) is 4.95. The van der Waals surface area contributed by atoms with Crippen molar-refractivity contribution >= 4 is 22.2 Å². The van der Waals surface area contributed by atoms with Gasteiger partial charge in [0.25, 0.3) is 0 Å². The van der Waals surface area contributed by atoms with Gasteiger partial charge in [-0.25, -0.2) is 4.79 Å². The van der Waals surface area contributed by atoms with Crippen molar-refractivity contribution in [3.8, 4) is 17.6 Å². The molecule has 0 aliphatic heterocycles. The fourth-order valence-corrected chi connectivity index (χ4v) is 3.27. The van der Waals surface area contributed by atoms with Crippen LogP contribution < -0.4 is 8.92 Å². The Balaban J connectivity index is 2.38. The zero-order valence-corrected chi connectivity index (χ0v) is 17.2. The van der Waals surface area contributed by atoms with E-state index in [1.54, 1.807) is 32.0 Å². The maximum atomic E-state index is 12.5. The summed E-state index contributed by atoms with van der Waals surface area (Å²) in [5.74, 6) is -0.576. The molecule has 0 heterocycles. The van der Waals surface area contributed by atoms with Crippen LogP contribution in [0.4, 0.5) is 0 Å². The first kappa shape index (κ1) is 22.0. The van der Waals surface area contributed by atoms with E-state index >= 15 is 0 Å². The van der Waals surface area contributed by atoms with Crippen molar-refractivity contribution < 1.29 is 26.9 Å². The van der Waals surface area contributed by atoms with Crippen LogP contribution in [0.25, 0.3) is 6.08 Å². The Morgan fingerprint density at radius 3 is 2.34 bits per heavy atom. The van der Waals surface area contributed by atoms with Gasteiger partial charge in [0.1, 0.15) is 16.5 Å². The van der Waals surface area contributed by atoms with Crippen LogP contribution in [0.1, 0.15) is 25.0 Å². The summed E-state index contributed by atoms with van der Waals surface area (Å²) in [5.41, 5.74) is 1.19. The van der Waals surface area contributed by atoms with Crippen molar-refractivity contribution in [3.05, 3.63) is 59.2 Å². The lowest BCUT2D eigenvalue weighted by Gasteiger charge is -2.13. The third kappa shape index (κ3) is 5.83. The Kier molecular flexibility index (Phi) is 7.39. The molecule has 0 radical (unpaired) electrons. The number of esters is 1. The van der Waals surface area contributed by atoms with Gasteiger partial charge in [0.2, 0.25) is 0 Å². The Bertz CT molecular complexity index is 1050. The van der Waals surface area contributed by atoms with Gasteiger partial charge >= 0.3 is 16.1 Å². The molecule has 0 amide bonds. The first-order valence-electron chi connectivity index (χ1n) is 8.87. The van der Waals surface area contributed by atoms with Gasteiger partial charge in [0.15, 0.2) is 11.5 Å². The largest absolute Gasteiger partial charge is 0.490 e. The maximum Gasteiger partial charge on any atom is 0.348 e. The first-order valence-corrected chi connectivity index (χ1v) is 10.3. The predicted molar refractivity (Wildman–Crippen MR) is 107 cm³/mol. The number of carbonyl (C=O) groups excluding carboxylic acids is 1. The van der Waals surface area contributed by atoms with Crippen LogP contribution in [0, 0.1) is 18.3 Å². The highest BCUT2D eigenvalue weighted by Gasteiger charge is 2.19. The van der Waals surface area contributed by atoms with E-state index in [9.17, 15) is 13.2 Å². The summed E-state index contributed by atoms with van der Waals surface area (Å²) < 4.78 is 40.7. The van der Waals surface area contributed by atoms with Crippen molar-refractivity contribution in [1.29, 1.82) is 5.26 Å². The lowest BCUT2D eigenvalue weighted by Crippen LogP contribution is -2.11. The van der Waals surface area contributed by atoms with E-state index < -0.39 is 16.1 Å². The van der Waals surface area contributed by atoms with E-state index in [2.05, 4.69) is 0 Å². The van der Waals surface area contributed by atoms with E-state index in [1.807, 2.05) is 6.92 Å². The Hall–Kier alpha value is -3.31. The zero-order valence-electron chi connectivity index (χ0n) is 16.3. The Labute approximate surface area is 170 Å². The molecular weight excluding hydrogens is 394 g/mol. The standard InChI is InChI=1S/C21H21NO6S/c1-4-26-20-13-16(12-17(14-22)21(23)27-5-2)8-11-19(20)28-29(24,25)18-9-6-15(3)7-10-18/h6-13H,4-5H2,1-3H3/b17-12+. The molecule has 2 aromatic rings. The van der Waals surface area contributed by atoms with Crippen molar-refractivity contribution in [2.24, 2.45) is 0 Å². The lowest BCUT2D eigenvalue weighted by molar-refractivity contribution is -0.137. The molecule has 0 aliphatic rings. The van der Waals surface area contributed by atoms with Crippen molar-refractivity contribution in [2.75, 3.05) is 13.2 Å². The highest BCUT2D eigenvalue weighted by molar-refractivity contribution is 7.87. The Morgan fingerprint density at radius 2 is 1.76 bits per heavy atom. The number of aryl methyl sites for hydroxylation is 1. The van der Waals surface area contributed by atoms with Gasteiger partial charge in [-0.05, 0) is 56.7 Å². The summed E-state index contributed by atoms with van der Waals surface area (Å²) in [4.78, 5) is 11.8. The molecule has 0 saturated heterocycles. The minimum absolute atomic E-state index is 0.000725. The molecule has 0 unspecified atom stereocenters. The minimum atomic E-state index is -4.05. The monoisotopic (exact) mass is 415 g/mol. The molecule has 0 saturated carbocycles. The molecule has 0 bridgehead atoms. The van der Waals surface area contributed by atoms with Crippen LogP contribution in [0.3, 0.4) is 0 Å². The molecule has 0 aliphatic carbocycles. The number of rotatable bonds is 8. The van der Waals surface area contributed by atoms with Gasteiger partial charge in [0, 0.05) is 0 Å². The third-order valence-electron chi connectivity index (χ3n) is 3.70. The van der Waals surface area contributed by atoms with Gasteiger partial charge in [-0.2, -0.15) is 13.7 Å². The van der Waals surface area contributed by atoms with Gasteiger partial charge < -0.3 is 13.7 Å². The zero-order chi connectivity index (χ0) is 21.4. The molecule has 0 atom stereocenters. The van der Waals surface area contributed by atoms with Gasteiger partial charge in [0.05, 0.1) is 13.2 Å². The topological polar surface area (TPSA) is 103 Å². The molecule has 0 N–H and O–H groups in total. The normalized spacial score (nSPS) is 11.4. The number of nitriles is 1. The summed E-state index contributed by atoms with van der Waals surface area (Å²) in [6, 6.07) is 12.5. The van der Waals surface area contributed by atoms with Crippen LogP contribution in [0.5, 0.6) is 11.5 Å². The van der Waals surface area contributed by atoms with Gasteiger partial charge in [-0.3, -0.25) is 0 Å². The molecule has 29 heavy (non-hydrogen) atoms. The average molecular weight is 415 g/mol. The summed E-state index contributed by atoms with van der Waals surface area (Å²) in [7, 11) is -4.05. The quantitative estimate of drug-likeness (QED) is 0.281. The van der Waals surface area contributed by atoms with E-state index in [-0.39, 0.29) is 35.2 Å². The highest BCUT2D eigenvalue weighted by atomic mass is 32.2. The van der Waals surface area contributed by atoms with Crippen molar-refractivity contribution in [2.45, 2.75) is 25.7 Å². The number of carbonyl (C=O) groups is 1. The Morgan fingerprint density at radius 1 is 1.07 bits per heavy atom. The number of hydrogen-bond acceptors (Lipinski definition) is 7. The summed E-state index contributed by atoms with van der Waals surface area (Å²) in [6.07, 6.45) is 1.33. The SMILES string of the molecule is CCOC(=O)/C(C#N)=C/c1ccc(OS(=O)(=O)c2ccc(C)cc2)c(OCC)c1. The first-order chi connectivity index (χ1) is 13.8. The molecule has 0 aromatic heterocycles. The second-order valence-electron chi connectivity index (χ2n) is 5.88. The molecule has 2 rings (SSSR count). The molecule has 7 nitrogen and oxygen atoms in total. The fraction of sp³-hybridized carbons (Fsp3) is 0.238. The second-order valence-corrected chi connectivity index (χ2v) is 7.43. The number of nitrogens with zero attached hydrogens (tertiary/aromatic N) is 1. The van der Waals surface area contributed by atoms with Crippen molar-refractivity contribution in [1.82, 2.24) is 0 Å². The molecule has 0 fully saturated rings. The molecule has 0 spiro atoms. The van der Waals surface area contributed by atoms with Crippen LogP contribution in [-0.4, -0.2) is 27.6 Å². The van der Waals surface area contributed by atoms with Crippen LogP contribution in [-0.2, 0) is 19.6 Å².